The zero-order chi connectivity index (χ0) is 16.8. The number of anilines is 2. The second-order valence-corrected chi connectivity index (χ2v) is 6.41. The molecule has 3 heterocycles. The molecule has 0 aliphatic carbocycles. The predicted molar refractivity (Wildman–Crippen MR) is 95.6 cm³/mol. The van der Waals surface area contributed by atoms with Gasteiger partial charge in [-0.05, 0) is 36.2 Å². The second kappa shape index (κ2) is 6.70. The Morgan fingerprint density at radius 1 is 1.08 bits per heavy atom. The number of guanidine groups is 1. The Hall–Kier alpha value is -2.44. The Kier molecular flexibility index (Phi) is 4.38. The van der Waals surface area contributed by atoms with Crippen LogP contribution in [0.3, 0.4) is 0 Å². The molecule has 26 heavy (non-hydrogen) atoms. The SMILES string of the molecule is OC(CN1C2=NCCCN2c2ccccc21)c1ccc2c(c1)OCO2.[Cl-]. The minimum absolute atomic E-state index is 0. The Morgan fingerprint density at radius 3 is 2.77 bits per heavy atom. The molecule has 6 nitrogen and oxygen atoms in total. The van der Waals surface area contributed by atoms with E-state index in [-0.39, 0.29) is 19.2 Å². The van der Waals surface area contributed by atoms with E-state index in [0.717, 1.165) is 42.5 Å². The van der Waals surface area contributed by atoms with Gasteiger partial charge >= 0.3 is 0 Å². The summed E-state index contributed by atoms with van der Waals surface area (Å²) in [6, 6.07) is 13.9. The first-order chi connectivity index (χ1) is 12.3. The molecule has 3 aliphatic heterocycles. The molecule has 5 rings (SSSR count). The highest BCUT2D eigenvalue weighted by molar-refractivity contribution is 6.16. The van der Waals surface area contributed by atoms with Gasteiger partial charge in [0, 0.05) is 13.1 Å². The fourth-order valence-electron chi connectivity index (χ4n) is 3.66. The van der Waals surface area contributed by atoms with Crippen LogP contribution in [-0.4, -0.2) is 37.5 Å². The van der Waals surface area contributed by atoms with Crippen molar-refractivity contribution in [1.82, 2.24) is 0 Å². The molecule has 0 bridgehead atoms. The first-order valence-corrected chi connectivity index (χ1v) is 8.57. The van der Waals surface area contributed by atoms with Crippen molar-refractivity contribution in [3.63, 3.8) is 0 Å². The largest absolute Gasteiger partial charge is 1.00 e. The highest BCUT2D eigenvalue weighted by atomic mass is 35.5. The van der Waals surface area contributed by atoms with E-state index in [1.807, 2.05) is 30.3 Å². The lowest BCUT2D eigenvalue weighted by Gasteiger charge is -2.28. The van der Waals surface area contributed by atoms with E-state index in [9.17, 15) is 5.11 Å². The molecule has 2 aromatic carbocycles. The normalized spacial score (nSPS) is 18.0. The first kappa shape index (κ1) is 17.0. The smallest absolute Gasteiger partial charge is 0.231 e. The summed E-state index contributed by atoms with van der Waals surface area (Å²) >= 11 is 0. The number of hydrogen-bond donors (Lipinski definition) is 1. The molecule has 0 amide bonds. The van der Waals surface area contributed by atoms with Crippen LogP contribution in [0.25, 0.3) is 0 Å². The lowest BCUT2D eigenvalue weighted by atomic mass is 10.1. The molecule has 3 aliphatic rings. The Bertz CT molecular complexity index is 858. The number of para-hydroxylation sites is 2. The summed E-state index contributed by atoms with van der Waals surface area (Å²) in [6.07, 6.45) is 0.406. The van der Waals surface area contributed by atoms with Crippen LogP contribution in [0.5, 0.6) is 11.5 Å². The molecular weight excluding hydrogens is 354 g/mol. The van der Waals surface area contributed by atoms with E-state index in [1.165, 1.54) is 5.69 Å². The molecule has 0 spiro atoms. The summed E-state index contributed by atoms with van der Waals surface area (Å²) in [4.78, 5) is 9.06. The van der Waals surface area contributed by atoms with Crippen molar-refractivity contribution >= 4 is 17.3 Å². The van der Waals surface area contributed by atoms with Crippen LogP contribution in [0, 0.1) is 0 Å². The number of fused-ring (bicyclic) bond motifs is 4. The van der Waals surface area contributed by atoms with Crippen LogP contribution >= 0.6 is 0 Å². The van der Waals surface area contributed by atoms with Crippen molar-refractivity contribution in [3.05, 3.63) is 48.0 Å². The van der Waals surface area contributed by atoms with Crippen LogP contribution in [0.1, 0.15) is 18.1 Å². The summed E-state index contributed by atoms with van der Waals surface area (Å²) in [6.45, 7) is 2.48. The van der Waals surface area contributed by atoms with Gasteiger partial charge in [0.25, 0.3) is 0 Å². The Labute approximate surface area is 158 Å². The van der Waals surface area contributed by atoms with Crippen LogP contribution in [0.4, 0.5) is 11.4 Å². The summed E-state index contributed by atoms with van der Waals surface area (Å²) < 4.78 is 10.8. The maximum atomic E-state index is 10.8. The number of rotatable bonds is 3. The van der Waals surface area contributed by atoms with Gasteiger partial charge in [0.05, 0.1) is 24.0 Å². The van der Waals surface area contributed by atoms with Crippen molar-refractivity contribution in [2.75, 3.05) is 36.2 Å². The zero-order valence-corrected chi connectivity index (χ0v) is 14.9. The van der Waals surface area contributed by atoms with Crippen LogP contribution in [0.15, 0.2) is 47.5 Å². The van der Waals surface area contributed by atoms with Crippen molar-refractivity contribution in [2.45, 2.75) is 12.5 Å². The van der Waals surface area contributed by atoms with Gasteiger partial charge in [-0.15, -0.1) is 0 Å². The molecule has 0 fully saturated rings. The molecular formula is C19H19ClN3O3-. The van der Waals surface area contributed by atoms with Gasteiger partial charge in [0.2, 0.25) is 12.8 Å². The standard InChI is InChI=1S/C19H19N3O3.ClH/c23-16(13-6-7-17-18(10-13)25-12-24-17)11-22-15-5-2-1-4-14(15)21-9-3-8-20-19(21)22;/h1-2,4-7,10,16,23H,3,8-9,11-12H2;1H/p-1. The van der Waals surface area contributed by atoms with Gasteiger partial charge in [-0.25, -0.2) is 0 Å². The fraction of sp³-hybridized carbons (Fsp3) is 0.316. The minimum Gasteiger partial charge on any atom is -1.00 e. The minimum atomic E-state index is -0.646. The van der Waals surface area contributed by atoms with Crippen molar-refractivity contribution < 1.29 is 27.0 Å². The number of aliphatic hydroxyl groups excluding tert-OH is 1. The molecule has 0 aromatic heterocycles. The molecule has 1 N–H and O–H groups in total. The number of aliphatic hydroxyl groups is 1. The average molecular weight is 373 g/mol. The lowest BCUT2D eigenvalue weighted by Crippen LogP contribution is -3.00. The van der Waals surface area contributed by atoms with Crippen LogP contribution in [0.2, 0.25) is 0 Å². The maximum Gasteiger partial charge on any atom is 0.231 e. The van der Waals surface area contributed by atoms with Crippen molar-refractivity contribution in [2.24, 2.45) is 4.99 Å². The average Bonchev–Trinajstić information content (AvgIpc) is 3.25. The van der Waals surface area contributed by atoms with Crippen LogP contribution < -0.4 is 31.7 Å². The monoisotopic (exact) mass is 372 g/mol. The number of nitrogens with zero attached hydrogens (tertiary/aromatic N) is 3. The predicted octanol–water partition coefficient (Wildman–Crippen LogP) is -0.461. The van der Waals surface area contributed by atoms with Crippen molar-refractivity contribution in [3.8, 4) is 11.5 Å². The van der Waals surface area contributed by atoms with Crippen LogP contribution in [-0.2, 0) is 0 Å². The molecule has 2 aromatic rings. The van der Waals surface area contributed by atoms with Crippen molar-refractivity contribution in [1.29, 1.82) is 0 Å². The third-order valence-electron chi connectivity index (χ3n) is 4.88. The molecule has 136 valence electrons. The number of hydrogen-bond acceptors (Lipinski definition) is 6. The number of ether oxygens (including phenoxy) is 2. The Balaban J connectivity index is 0.00000168. The second-order valence-electron chi connectivity index (χ2n) is 6.41. The highest BCUT2D eigenvalue weighted by Crippen LogP contribution is 2.40. The van der Waals surface area contributed by atoms with E-state index in [0.29, 0.717) is 12.3 Å². The van der Waals surface area contributed by atoms with Gasteiger partial charge in [-0.3, -0.25) is 4.99 Å². The summed E-state index contributed by atoms with van der Waals surface area (Å²) in [5, 5.41) is 10.8. The molecule has 0 saturated carbocycles. The van der Waals surface area contributed by atoms with E-state index >= 15 is 0 Å². The highest BCUT2D eigenvalue weighted by Gasteiger charge is 2.35. The number of aliphatic imine (C=N–C) groups is 1. The third-order valence-corrected chi connectivity index (χ3v) is 4.88. The number of halogens is 1. The third kappa shape index (κ3) is 2.66. The van der Waals surface area contributed by atoms with E-state index in [2.05, 4.69) is 21.9 Å². The zero-order valence-electron chi connectivity index (χ0n) is 14.1. The molecule has 0 saturated heterocycles. The van der Waals surface area contributed by atoms with Gasteiger partial charge in [-0.1, -0.05) is 18.2 Å². The Morgan fingerprint density at radius 2 is 1.88 bits per heavy atom. The van der Waals surface area contributed by atoms with Gasteiger partial charge < -0.3 is 36.8 Å². The van der Waals surface area contributed by atoms with E-state index in [1.54, 1.807) is 0 Å². The fourth-order valence-corrected chi connectivity index (χ4v) is 3.66. The van der Waals surface area contributed by atoms with Gasteiger partial charge in [0.15, 0.2) is 11.5 Å². The van der Waals surface area contributed by atoms with E-state index < -0.39 is 6.10 Å². The van der Waals surface area contributed by atoms with Gasteiger partial charge in [0.1, 0.15) is 0 Å². The topological polar surface area (TPSA) is 57.5 Å². The van der Waals surface area contributed by atoms with Gasteiger partial charge in [-0.2, -0.15) is 0 Å². The molecule has 7 heteroatoms. The summed E-state index contributed by atoms with van der Waals surface area (Å²) in [5.74, 6) is 2.35. The number of benzene rings is 2. The summed E-state index contributed by atoms with van der Waals surface area (Å²) in [5.41, 5.74) is 3.08. The number of β-amino-alcohol motifs (C(OH)–C–C–N with tert-alkyl or cyclic N) is 1. The molecule has 1 unspecified atom stereocenters. The lowest BCUT2D eigenvalue weighted by molar-refractivity contribution is -0.00000804. The molecule has 0 radical (unpaired) electrons. The first-order valence-electron chi connectivity index (χ1n) is 8.57. The van der Waals surface area contributed by atoms with E-state index in [4.69, 9.17) is 14.5 Å². The summed E-state index contributed by atoms with van der Waals surface area (Å²) in [7, 11) is 0. The maximum absolute atomic E-state index is 10.8. The quantitative estimate of drug-likeness (QED) is 0.790. The molecule has 1 atom stereocenters.